The van der Waals surface area contributed by atoms with Gasteiger partial charge >= 0.3 is 6.18 Å². The van der Waals surface area contributed by atoms with Crippen LogP contribution in [0.1, 0.15) is 36.5 Å². The number of halogens is 3. The molecule has 1 fully saturated rings. The van der Waals surface area contributed by atoms with Gasteiger partial charge in [0.15, 0.2) is 0 Å². The highest BCUT2D eigenvalue weighted by Crippen LogP contribution is 2.49. The molecule has 1 saturated heterocycles. The van der Waals surface area contributed by atoms with Gasteiger partial charge in [-0.15, -0.1) is 0 Å². The van der Waals surface area contributed by atoms with Crippen LogP contribution in [0.5, 0.6) is 0 Å². The molecule has 1 unspecified atom stereocenters. The van der Waals surface area contributed by atoms with Crippen LogP contribution in [0.4, 0.5) is 18.9 Å². The summed E-state index contributed by atoms with van der Waals surface area (Å²) in [6, 6.07) is 3.81. The van der Waals surface area contributed by atoms with Gasteiger partial charge < -0.3 is 20.3 Å². The van der Waals surface area contributed by atoms with Crippen molar-refractivity contribution >= 4 is 11.6 Å². The number of ether oxygens (including phenoxy) is 1. The van der Waals surface area contributed by atoms with E-state index in [2.05, 4.69) is 22.8 Å². The Morgan fingerprint density at radius 1 is 1.25 bits per heavy atom. The number of nitrogens with one attached hydrogen (secondary N) is 2. The van der Waals surface area contributed by atoms with Crippen molar-refractivity contribution < 1.29 is 22.7 Å². The summed E-state index contributed by atoms with van der Waals surface area (Å²) in [4.78, 5) is 14.7. The predicted octanol–water partition coefficient (Wildman–Crippen LogP) is 4.15. The Balaban J connectivity index is 1.60. The van der Waals surface area contributed by atoms with Gasteiger partial charge in [-0.05, 0) is 51.6 Å². The monoisotopic (exact) mass is 449 g/mol. The first-order valence-electron chi connectivity index (χ1n) is 11.1. The van der Waals surface area contributed by atoms with E-state index >= 15 is 0 Å². The molecule has 4 rings (SSSR count). The molecular weight excluding hydrogens is 419 g/mol. The lowest BCUT2D eigenvalue weighted by Gasteiger charge is -2.47. The number of allylic oxidation sites excluding steroid dienone is 3. The molecule has 1 aliphatic carbocycles. The van der Waals surface area contributed by atoms with E-state index in [0.717, 1.165) is 12.5 Å². The molecule has 2 N–H and O–H groups in total. The largest absolute Gasteiger partial charge is 0.416 e. The molecule has 1 aromatic rings. The highest BCUT2D eigenvalue weighted by Gasteiger charge is 2.46. The molecule has 32 heavy (non-hydrogen) atoms. The highest BCUT2D eigenvalue weighted by atomic mass is 19.4. The lowest BCUT2D eigenvalue weighted by atomic mass is 9.73. The van der Waals surface area contributed by atoms with Crippen LogP contribution in [0.25, 0.3) is 0 Å². The lowest BCUT2D eigenvalue weighted by molar-refractivity contribution is -0.150. The number of fused-ring (bicyclic) bond motifs is 3. The Morgan fingerprint density at radius 2 is 2.06 bits per heavy atom. The number of nitrogens with zero attached hydrogens (tertiary/aromatic N) is 1. The average Bonchev–Trinajstić information content (AvgIpc) is 2.77. The minimum Gasteiger partial charge on any atom is -0.381 e. The van der Waals surface area contributed by atoms with E-state index in [4.69, 9.17) is 4.74 Å². The summed E-state index contributed by atoms with van der Waals surface area (Å²) in [7, 11) is 3.85. The fourth-order valence-electron chi connectivity index (χ4n) is 4.91. The van der Waals surface area contributed by atoms with Gasteiger partial charge in [0, 0.05) is 42.2 Å². The number of hydrogen-bond acceptors (Lipinski definition) is 4. The number of anilines is 1. The second kappa shape index (κ2) is 9.27. The molecule has 0 spiro atoms. The second-order valence-electron chi connectivity index (χ2n) is 9.06. The fourth-order valence-corrected chi connectivity index (χ4v) is 4.91. The summed E-state index contributed by atoms with van der Waals surface area (Å²) in [6.45, 7) is 1.20. The third-order valence-electron chi connectivity index (χ3n) is 6.56. The number of benzene rings is 1. The molecule has 2 aliphatic heterocycles. The van der Waals surface area contributed by atoms with Crippen molar-refractivity contribution in [1.82, 2.24) is 10.2 Å². The Kier molecular flexibility index (Phi) is 6.62. The number of amides is 1. The van der Waals surface area contributed by atoms with Gasteiger partial charge in [0.05, 0.1) is 11.7 Å². The normalized spacial score (nSPS) is 29.2. The van der Waals surface area contributed by atoms with Gasteiger partial charge in [-0.25, -0.2) is 0 Å². The lowest BCUT2D eigenvalue weighted by Crippen LogP contribution is -2.50. The fraction of sp³-hybridized carbons (Fsp3) is 0.542. The molecule has 0 aromatic heterocycles. The van der Waals surface area contributed by atoms with Crippen molar-refractivity contribution in [3.63, 3.8) is 0 Å². The summed E-state index contributed by atoms with van der Waals surface area (Å²) in [5, 5.41) is 6.39. The van der Waals surface area contributed by atoms with Crippen molar-refractivity contribution in [3.05, 3.63) is 53.6 Å². The van der Waals surface area contributed by atoms with E-state index in [1.165, 1.54) is 12.1 Å². The van der Waals surface area contributed by atoms with Crippen molar-refractivity contribution in [2.24, 2.45) is 11.8 Å². The number of alkyl halides is 3. The maximum absolute atomic E-state index is 13.4. The van der Waals surface area contributed by atoms with Crippen molar-refractivity contribution in [2.45, 2.75) is 43.7 Å². The Bertz CT molecular complexity index is 897. The standard InChI is InChI=1S/C24H30F3N3O2/c1-30(2)13-12-28-23(31)20-11-9-17-21(15-6-4-3-5-7-15)29-19-10-8-16(24(25,26)27)14-18(19)22(17)32-20/h3-6,8,10,14-15,17,20-22,29H,7,9,11-13H2,1-2H3,(H,28,31)/t15?,17-,20+,21-,22-/m0/s1. The summed E-state index contributed by atoms with van der Waals surface area (Å²) in [6.07, 6.45) is 4.72. The average molecular weight is 450 g/mol. The first-order valence-corrected chi connectivity index (χ1v) is 11.1. The van der Waals surface area contributed by atoms with Gasteiger partial charge in [-0.1, -0.05) is 24.3 Å². The summed E-state index contributed by atoms with van der Waals surface area (Å²) in [5.41, 5.74) is 0.444. The quantitative estimate of drug-likeness (QED) is 0.709. The molecule has 3 aliphatic rings. The maximum atomic E-state index is 13.4. The van der Waals surface area contributed by atoms with E-state index in [1.807, 2.05) is 31.1 Å². The Morgan fingerprint density at radius 3 is 2.75 bits per heavy atom. The highest BCUT2D eigenvalue weighted by molar-refractivity contribution is 5.81. The first kappa shape index (κ1) is 22.9. The molecule has 2 heterocycles. The topological polar surface area (TPSA) is 53.6 Å². The molecule has 1 amide bonds. The van der Waals surface area contributed by atoms with Crippen LogP contribution in [0.15, 0.2) is 42.5 Å². The van der Waals surface area contributed by atoms with Crippen molar-refractivity contribution in [3.8, 4) is 0 Å². The van der Waals surface area contributed by atoms with E-state index in [1.54, 1.807) is 0 Å². The van der Waals surface area contributed by atoms with E-state index in [9.17, 15) is 18.0 Å². The van der Waals surface area contributed by atoms with Gasteiger partial charge in [-0.3, -0.25) is 4.79 Å². The Hall–Kier alpha value is -2.32. The molecule has 174 valence electrons. The van der Waals surface area contributed by atoms with Gasteiger partial charge in [0.25, 0.3) is 0 Å². The van der Waals surface area contributed by atoms with Crippen LogP contribution < -0.4 is 10.6 Å². The zero-order chi connectivity index (χ0) is 22.9. The number of likely N-dealkylation sites (N-methyl/N-ethyl adjacent to an activating group) is 1. The van der Waals surface area contributed by atoms with E-state index < -0.39 is 23.9 Å². The predicted molar refractivity (Wildman–Crippen MR) is 117 cm³/mol. The second-order valence-corrected chi connectivity index (χ2v) is 9.06. The van der Waals surface area contributed by atoms with Crippen molar-refractivity contribution in [1.29, 1.82) is 0 Å². The van der Waals surface area contributed by atoms with Gasteiger partial charge in [0.2, 0.25) is 5.91 Å². The molecule has 0 saturated carbocycles. The van der Waals surface area contributed by atoms with Crippen LogP contribution in [-0.2, 0) is 15.7 Å². The minimum absolute atomic E-state index is 0.0158. The summed E-state index contributed by atoms with van der Waals surface area (Å²) in [5.74, 6) is 0.00405. The first-order chi connectivity index (χ1) is 15.2. The molecule has 8 heteroatoms. The molecule has 1 aromatic carbocycles. The van der Waals surface area contributed by atoms with Crippen LogP contribution in [0, 0.1) is 11.8 Å². The van der Waals surface area contributed by atoms with Gasteiger partial charge in [0.1, 0.15) is 6.10 Å². The van der Waals surface area contributed by atoms with E-state index in [0.29, 0.717) is 37.2 Å². The molecule has 0 radical (unpaired) electrons. The third kappa shape index (κ3) is 4.86. The molecule has 5 atom stereocenters. The number of rotatable bonds is 5. The number of carbonyl (C=O) groups is 1. The molecular formula is C24H30F3N3O2. The van der Waals surface area contributed by atoms with Crippen LogP contribution in [0.2, 0.25) is 0 Å². The van der Waals surface area contributed by atoms with E-state index in [-0.39, 0.29) is 23.8 Å². The summed E-state index contributed by atoms with van der Waals surface area (Å²) >= 11 is 0. The maximum Gasteiger partial charge on any atom is 0.416 e. The minimum atomic E-state index is -4.43. The third-order valence-corrected chi connectivity index (χ3v) is 6.56. The zero-order valence-corrected chi connectivity index (χ0v) is 18.4. The smallest absolute Gasteiger partial charge is 0.381 e. The zero-order valence-electron chi connectivity index (χ0n) is 18.4. The SMILES string of the molecule is CN(C)CCNC(=O)[C@H]1CC[C@@H]2[C@H](O1)c1cc(C(F)(F)F)ccc1N[C@H]2C1C=CC=CC1. The number of carbonyl (C=O) groups excluding carboxylic acids is 1. The van der Waals surface area contributed by atoms with Crippen LogP contribution >= 0.6 is 0 Å². The Labute approximate surface area is 186 Å². The molecule has 0 bridgehead atoms. The van der Waals surface area contributed by atoms with Crippen molar-refractivity contribution in [2.75, 3.05) is 32.5 Å². The van der Waals surface area contributed by atoms with Crippen LogP contribution in [-0.4, -0.2) is 50.1 Å². The van der Waals surface area contributed by atoms with Gasteiger partial charge in [-0.2, -0.15) is 13.2 Å². The van der Waals surface area contributed by atoms with Crippen LogP contribution in [0.3, 0.4) is 0 Å². The molecule has 5 nitrogen and oxygen atoms in total. The number of hydrogen-bond donors (Lipinski definition) is 2. The summed E-state index contributed by atoms with van der Waals surface area (Å²) < 4.78 is 46.5.